The minimum atomic E-state index is -0.858. The smallest absolute Gasteiger partial charge is 0.184 e. The third-order valence-corrected chi connectivity index (χ3v) is 4.48. The van der Waals surface area contributed by atoms with Crippen LogP contribution in [0, 0.1) is 18.6 Å². The molecule has 0 saturated carbocycles. The zero-order valence-corrected chi connectivity index (χ0v) is 12.9. The second-order valence-electron chi connectivity index (χ2n) is 4.79. The molecule has 2 nitrogen and oxygen atoms in total. The normalized spacial score (nSPS) is 11.4. The highest BCUT2D eigenvalue weighted by atomic mass is 35.5. The van der Waals surface area contributed by atoms with Crippen molar-refractivity contribution < 1.29 is 8.78 Å². The molecule has 0 radical (unpaired) electrons. The quantitative estimate of drug-likeness (QED) is 0.645. The minimum Gasteiger partial charge on any atom is -0.320 e. The van der Waals surface area contributed by atoms with E-state index in [1.54, 1.807) is 15.9 Å². The Kier molecular flexibility index (Phi) is 3.95. The molecule has 2 heterocycles. The number of thiophene rings is 1. The van der Waals surface area contributed by atoms with Crippen LogP contribution in [0.2, 0.25) is 0 Å². The number of hydrogen-bond acceptors (Lipinski definition) is 2. The largest absolute Gasteiger partial charge is 0.320 e. The molecule has 21 heavy (non-hydrogen) atoms. The van der Waals surface area contributed by atoms with E-state index in [9.17, 15) is 8.78 Å². The molecule has 3 aromatic rings. The van der Waals surface area contributed by atoms with Gasteiger partial charge in [0.2, 0.25) is 0 Å². The van der Waals surface area contributed by atoms with Crippen LogP contribution in [-0.2, 0) is 13.0 Å². The van der Waals surface area contributed by atoms with Crippen LogP contribution in [0.5, 0.6) is 0 Å². The van der Waals surface area contributed by atoms with Crippen molar-refractivity contribution in [3.05, 3.63) is 51.5 Å². The summed E-state index contributed by atoms with van der Waals surface area (Å²) in [6.45, 7) is 2.49. The first-order chi connectivity index (χ1) is 10.1. The number of benzene rings is 1. The Balaban J connectivity index is 2.16. The lowest BCUT2D eigenvalue weighted by atomic mass is 10.3. The Labute approximate surface area is 130 Å². The SMILES string of the molecule is Cc1ccc(Cn2c(CCCl)nc3ccc(F)c(F)c32)s1. The first-order valence-electron chi connectivity index (χ1n) is 6.54. The van der Waals surface area contributed by atoms with Gasteiger partial charge in [-0.05, 0) is 31.2 Å². The summed E-state index contributed by atoms with van der Waals surface area (Å²) in [4.78, 5) is 6.64. The molecule has 0 fully saturated rings. The van der Waals surface area contributed by atoms with Gasteiger partial charge in [-0.15, -0.1) is 22.9 Å². The van der Waals surface area contributed by atoms with Crippen molar-refractivity contribution in [1.82, 2.24) is 9.55 Å². The third kappa shape index (κ3) is 2.68. The summed E-state index contributed by atoms with van der Waals surface area (Å²) >= 11 is 7.43. The Morgan fingerprint density at radius 3 is 2.71 bits per heavy atom. The summed E-state index contributed by atoms with van der Waals surface area (Å²) in [6.07, 6.45) is 0.516. The molecular weight excluding hydrogens is 314 g/mol. The van der Waals surface area contributed by atoms with Gasteiger partial charge in [0.05, 0.1) is 12.1 Å². The highest BCUT2D eigenvalue weighted by molar-refractivity contribution is 7.11. The molecule has 2 aromatic heterocycles. The molecule has 0 aliphatic rings. The molecule has 3 rings (SSSR count). The van der Waals surface area contributed by atoms with Crippen LogP contribution in [0.25, 0.3) is 11.0 Å². The monoisotopic (exact) mass is 326 g/mol. The van der Waals surface area contributed by atoms with Gasteiger partial charge in [0.25, 0.3) is 0 Å². The van der Waals surface area contributed by atoms with Gasteiger partial charge in [0, 0.05) is 22.1 Å². The molecule has 0 spiro atoms. The summed E-state index contributed by atoms with van der Waals surface area (Å²) in [5, 5.41) is 0. The van der Waals surface area contributed by atoms with Gasteiger partial charge >= 0.3 is 0 Å². The highest BCUT2D eigenvalue weighted by Crippen LogP contribution is 2.25. The standard InChI is InChI=1S/C15H13ClF2N2S/c1-9-2-3-10(21-9)8-20-13(6-7-16)19-12-5-4-11(17)14(18)15(12)20/h2-5H,6-8H2,1H3. The van der Waals surface area contributed by atoms with Crippen molar-refractivity contribution in [1.29, 1.82) is 0 Å². The Morgan fingerprint density at radius 1 is 1.24 bits per heavy atom. The molecule has 0 aliphatic heterocycles. The lowest BCUT2D eigenvalue weighted by Crippen LogP contribution is -2.06. The van der Waals surface area contributed by atoms with Gasteiger partial charge in [-0.2, -0.15) is 0 Å². The molecule has 0 unspecified atom stereocenters. The predicted molar refractivity (Wildman–Crippen MR) is 82.2 cm³/mol. The number of fused-ring (bicyclic) bond motifs is 1. The number of aryl methyl sites for hydroxylation is 2. The maximum Gasteiger partial charge on any atom is 0.184 e. The van der Waals surface area contributed by atoms with E-state index in [4.69, 9.17) is 11.6 Å². The molecule has 6 heteroatoms. The average molecular weight is 327 g/mol. The molecule has 0 bridgehead atoms. The Hall–Kier alpha value is -1.46. The van der Waals surface area contributed by atoms with E-state index < -0.39 is 11.6 Å². The first-order valence-corrected chi connectivity index (χ1v) is 7.89. The fourth-order valence-electron chi connectivity index (χ4n) is 2.38. The van der Waals surface area contributed by atoms with E-state index in [1.807, 2.05) is 19.1 Å². The molecule has 0 saturated heterocycles. The maximum absolute atomic E-state index is 14.2. The lowest BCUT2D eigenvalue weighted by molar-refractivity contribution is 0.512. The van der Waals surface area contributed by atoms with Crippen LogP contribution < -0.4 is 0 Å². The molecule has 0 atom stereocenters. The highest BCUT2D eigenvalue weighted by Gasteiger charge is 2.17. The summed E-state index contributed by atoms with van der Waals surface area (Å²) in [7, 11) is 0. The van der Waals surface area contributed by atoms with E-state index in [1.165, 1.54) is 10.9 Å². The van der Waals surface area contributed by atoms with Crippen LogP contribution in [0.3, 0.4) is 0 Å². The van der Waals surface area contributed by atoms with Crippen molar-refractivity contribution in [2.45, 2.75) is 19.9 Å². The number of rotatable bonds is 4. The topological polar surface area (TPSA) is 17.8 Å². The second-order valence-corrected chi connectivity index (χ2v) is 6.55. The van der Waals surface area contributed by atoms with E-state index in [0.29, 0.717) is 30.2 Å². The average Bonchev–Trinajstić information content (AvgIpc) is 3.00. The van der Waals surface area contributed by atoms with Gasteiger partial charge in [0.1, 0.15) is 11.3 Å². The molecule has 0 N–H and O–H groups in total. The van der Waals surface area contributed by atoms with Gasteiger partial charge < -0.3 is 4.57 Å². The maximum atomic E-state index is 14.2. The van der Waals surface area contributed by atoms with E-state index in [2.05, 4.69) is 4.98 Å². The Morgan fingerprint density at radius 2 is 2.05 bits per heavy atom. The van der Waals surface area contributed by atoms with Crippen LogP contribution in [0.4, 0.5) is 8.78 Å². The number of imidazole rings is 1. The fraction of sp³-hybridized carbons (Fsp3) is 0.267. The van der Waals surface area contributed by atoms with Crippen LogP contribution in [-0.4, -0.2) is 15.4 Å². The summed E-state index contributed by atoms with van der Waals surface area (Å²) in [5.74, 6) is -0.648. The van der Waals surface area contributed by atoms with Gasteiger partial charge in [-0.25, -0.2) is 13.8 Å². The van der Waals surface area contributed by atoms with E-state index >= 15 is 0 Å². The lowest BCUT2D eigenvalue weighted by Gasteiger charge is -2.07. The number of nitrogens with zero attached hydrogens (tertiary/aromatic N) is 2. The van der Waals surface area contributed by atoms with Gasteiger partial charge in [-0.1, -0.05) is 0 Å². The van der Waals surface area contributed by atoms with E-state index in [-0.39, 0.29) is 5.52 Å². The zero-order chi connectivity index (χ0) is 15.0. The van der Waals surface area contributed by atoms with Crippen molar-refractivity contribution in [3.8, 4) is 0 Å². The summed E-state index contributed by atoms with van der Waals surface area (Å²) < 4.78 is 29.4. The summed E-state index contributed by atoms with van der Waals surface area (Å²) in [6, 6.07) is 6.61. The van der Waals surface area contributed by atoms with Crippen LogP contribution in [0.15, 0.2) is 24.3 Å². The number of aromatic nitrogens is 2. The van der Waals surface area contributed by atoms with Crippen LogP contribution >= 0.6 is 22.9 Å². The molecule has 110 valence electrons. The van der Waals surface area contributed by atoms with Crippen molar-refractivity contribution >= 4 is 34.0 Å². The van der Waals surface area contributed by atoms with Crippen molar-refractivity contribution in [2.75, 3.05) is 5.88 Å². The van der Waals surface area contributed by atoms with E-state index in [0.717, 1.165) is 10.9 Å². The van der Waals surface area contributed by atoms with Crippen molar-refractivity contribution in [3.63, 3.8) is 0 Å². The second kappa shape index (κ2) is 5.73. The zero-order valence-electron chi connectivity index (χ0n) is 11.4. The summed E-state index contributed by atoms with van der Waals surface area (Å²) in [5.41, 5.74) is 0.670. The number of halogens is 3. The van der Waals surface area contributed by atoms with Gasteiger partial charge in [0.15, 0.2) is 11.6 Å². The van der Waals surface area contributed by atoms with Gasteiger partial charge in [-0.3, -0.25) is 0 Å². The van der Waals surface area contributed by atoms with Crippen LogP contribution in [0.1, 0.15) is 15.6 Å². The molecule has 0 aliphatic carbocycles. The number of alkyl halides is 1. The predicted octanol–water partition coefficient (Wildman–Crippen LogP) is 4.51. The first kappa shape index (κ1) is 14.5. The number of hydrogen-bond donors (Lipinski definition) is 0. The Bertz CT molecular complexity index is 794. The fourth-order valence-corrected chi connectivity index (χ4v) is 3.43. The minimum absolute atomic E-state index is 0.209. The third-order valence-electron chi connectivity index (χ3n) is 3.31. The molecular formula is C15H13ClF2N2S. The van der Waals surface area contributed by atoms with Crippen molar-refractivity contribution in [2.24, 2.45) is 0 Å². The molecule has 1 aromatic carbocycles. The molecule has 0 amide bonds.